The normalized spacial score (nSPS) is 44.8. The van der Waals surface area contributed by atoms with Crippen molar-refractivity contribution in [3.05, 3.63) is 0 Å². The molecule has 0 aliphatic heterocycles. The van der Waals surface area contributed by atoms with E-state index in [2.05, 4.69) is 20.8 Å². The van der Waals surface area contributed by atoms with Crippen LogP contribution in [0.4, 0.5) is 0 Å². The van der Waals surface area contributed by atoms with Gasteiger partial charge >= 0.3 is 5.97 Å². The molecule has 0 spiro atoms. The van der Waals surface area contributed by atoms with E-state index >= 15 is 0 Å². The van der Waals surface area contributed by atoms with Gasteiger partial charge in [0.2, 0.25) is 0 Å². The molecule has 4 nitrogen and oxygen atoms in total. The Morgan fingerprint density at radius 2 is 1.58 bits per heavy atom. The lowest BCUT2D eigenvalue weighted by molar-refractivity contribution is -0.164. The minimum atomic E-state index is -0.654. The second-order valence-corrected chi connectivity index (χ2v) is 13.9. The summed E-state index contributed by atoms with van der Waals surface area (Å²) in [5.74, 6) is 3.22. The van der Waals surface area contributed by atoms with Crippen molar-refractivity contribution in [2.24, 2.45) is 40.4 Å². The fourth-order valence-electron chi connectivity index (χ4n) is 9.64. The zero-order chi connectivity index (χ0) is 24.2. The Labute approximate surface area is 202 Å². The summed E-state index contributed by atoms with van der Waals surface area (Å²) in [4.78, 5) is 11.5. The summed E-state index contributed by atoms with van der Waals surface area (Å²) in [7, 11) is 0. The molecule has 4 heteroatoms. The van der Waals surface area contributed by atoms with Crippen LogP contribution in [0.5, 0.6) is 0 Å². The zero-order valence-electron chi connectivity index (χ0n) is 22.2. The van der Waals surface area contributed by atoms with Crippen molar-refractivity contribution in [1.29, 1.82) is 0 Å². The van der Waals surface area contributed by atoms with Gasteiger partial charge in [0.15, 0.2) is 0 Å². The van der Waals surface area contributed by atoms with E-state index in [1.165, 1.54) is 38.5 Å². The van der Waals surface area contributed by atoms with Crippen LogP contribution in [-0.4, -0.2) is 33.5 Å². The molecule has 0 heterocycles. The third-order valence-electron chi connectivity index (χ3n) is 11.2. The summed E-state index contributed by atoms with van der Waals surface area (Å²) < 4.78 is 5.63. The van der Waals surface area contributed by atoms with Crippen LogP contribution < -0.4 is 0 Å². The number of fused-ring (bicyclic) bond motifs is 5. The minimum absolute atomic E-state index is 0.126. The maximum atomic E-state index is 11.6. The van der Waals surface area contributed by atoms with Crippen LogP contribution in [0, 0.1) is 40.4 Å². The molecule has 190 valence electrons. The van der Waals surface area contributed by atoms with E-state index in [0.717, 1.165) is 56.3 Å². The van der Waals surface area contributed by atoms with Gasteiger partial charge in [-0.05, 0) is 138 Å². The lowest BCUT2D eigenvalue weighted by Crippen LogP contribution is -2.55. The van der Waals surface area contributed by atoms with Crippen LogP contribution in [0.1, 0.15) is 119 Å². The molecule has 0 aromatic carbocycles. The molecular weight excluding hydrogens is 412 g/mol. The fraction of sp³-hybridized carbons (Fsp3) is 0.966. The Kier molecular flexibility index (Phi) is 6.80. The van der Waals surface area contributed by atoms with E-state index in [1.807, 2.05) is 13.8 Å². The molecule has 0 saturated heterocycles. The average molecular weight is 463 g/mol. The molecule has 9 atom stereocenters. The van der Waals surface area contributed by atoms with Crippen molar-refractivity contribution in [1.82, 2.24) is 0 Å². The molecule has 2 N–H and O–H groups in total. The van der Waals surface area contributed by atoms with Gasteiger partial charge in [0.1, 0.15) is 6.10 Å². The molecular formula is C29H50O4. The maximum Gasteiger partial charge on any atom is 0.302 e. The molecule has 4 fully saturated rings. The molecule has 4 rings (SSSR count). The Balaban J connectivity index is 1.45. The number of hydrogen-bond acceptors (Lipinski definition) is 4. The van der Waals surface area contributed by atoms with E-state index in [9.17, 15) is 15.0 Å². The molecule has 4 saturated carbocycles. The van der Waals surface area contributed by atoms with Crippen molar-refractivity contribution in [3.63, 3.8) is 0 Å². The van der Waals surface area contributed by atoms with Crippen molar-refractivity contribution in [2.45, 2.75) is 136 Å². The molecule has 0 aromatic rings. The molecule has 33 heavy (non-hydrogen) atoms. The summed E-state index contributed by atoms with van der Waals surface area (Å²) in [6, 6.07) is 0. The monoisotopic (exact) mass is 462 g/mol. The molecule has 0 unspecified atom stereocenters. The van der Waals surface area contributed by atoms with E-state index in [-0.39, 0.29) is 17.5 Å². The molecule has 0 aromatic heterocycles. The summed E-state index contributed by atoms with van der Waals surface area (Å²) in [6.45, 7) is 12.4. The summed E-state index contributed by atoms with van der Waals surface area (Å²) in [6.07, 6.45) is 13.3. The SMILES string of the molecule is CC(=O)O[C@H]1CC[C@@]2(C)[C@@H](CC[C@@H]3[C@@H]2CC[C@@]2(C)[C@H]3CC[C@@H]2[C@@](C)(O)CCCC(C)(C)O)C1. The maximum absolute atomic E-state index is 11.6. The van der Waals surface area contributed by atoms with Crippen LogP contribution in [0.3, 0.4) is 0 Å². The van der Waals surface area contributed by atoms with E-state index < -0.39 is 11.2 Å². The Morgan fingerprint density at radius 1 is 0.909 bits per heavy atom. The first-order valence-corrected chi connectivity index (χ1v) is 13.9. The summed E-state index contributed by atoms with van der Waals surface area (Å²) in [5, 5.41) is 21.7. The summed E-state index contributed by atoms with van der Waals surface area (Å²) >= 11 is 0. The Morgan fingerprint density at radius 3 is 2.24 bits per heavy atom. The fourth-order valence-corrected chi connectivity index (χ4v) is 9.64. The molecule has 4 aliphatic carbocycles. The highest BCUT2D eigenvalue weighted by Crippen LogP contribution is 2.68. The molecule has 0 amide bonds. The van der Waals surface area contributed by atoms with Crippen LogP contribution in [0.15, 0.2) is 0 Å². The Bertz CT molecular complexity index is 724. The van der Waals surface area contributed by atoms with Gasteiger partial charge in [0, 0.05) is 6.92 Å². The number of hydrogen-bond donors (Lipinski definition) is 2. The summed E-state index contributed by atoms with van der Waals surface area (Å²) in [5.41, 5.74) is -0.685. The van der Waals surface area contributed by atoms with Gasteiger partial charge in [0.25, 0.3) is 0 Å². The number of esters is 1. The van der Waals surface area contributed by atoms with Crippen LogP contribution in [0.2, 0.25) is 0 Å². The number of aliphatic hydroxyl groups is 2. The number of carbonyl (C=O) groups excluding carboxylic acids is 1. The van der Waals surface area contributed by atoms with E-state index in [4.69, 9.17) is 4.74 Å². The van der Waals surface area contributed by atoms with Crippen molar-refractivity contribution in [2.75, 3.05) is 0 Å². The van der Waals surface area contributed by atoms with Crippen molar-refractivity contribution >= 4 is 5.97 Å². The first kappa shape index (κ1) is 25.5. The van der Waals surface area contributed by atoms with Gasteiger partial charge in [-0.2, -0.15) is 0 Å². The number of ether oxygens (including phenoxy) is 1. The van der Waals surface area contributed by atoms with Crippen LogP contribution in [0.25, 0.3) is 0 Å². The average Bonchev–Trinajstić information content (AvgIpc) is 3.05. The van der Waals surface area contributed by atoms with E-state index in [0.29, 0.717) is 17.3 Å². The van der Waals surface area contributed by atoms with E-state index in [1.54, 1.807) is 6.92 Å². The lowest BCUT2D eigenvalue weighted by Gasteiger charge is -2.61. The second-order valence-electron chi connectivity index (χ2n) is 13.9. The topological polar surface area (TPSA) is 66.8 Å². The third-order valence-corrected chi connectivity index (χ3v) is 11.2. The first-order valence-electron chi connectivity index (χ1n) is 13.9. The quantitative estimate of drug-likeness (QED) is 0.457. The highest BCUT2D eigenvalue weighted by molar-refractivity contribution is 5.66. The van der Waals surface area contributed by atoms with Crippen LogP contribution in [-0.2, 0) is 9.53 Å². The predicted octanol–water partition coefficient (Wildman–Crippen LogP) is 6.27. The van der Waals surface area contributed by atoms with Gasteiger partial charge in [-0.25, -0.2) is 0 Å². The standard InChI is InChI=1S/C29H50O4/c1-19(30)33-21-12-16-27(4)20(18-21)8-9-22-23-10-11-25(28(23,5)17-13-24(22)27)29(6,32)15-7-14-26(2,3)31/h20-25,31-32H,7-18H2,1-6H3/t20-,21-,22-,23-,24-,25-,27-,28-,29-/m0/s1. The zero-order valence-corrected chi connectivity index (χ0v) is 22.2. The highest BCUT2D eigenvalue weighted by Gasteiger charge is 2.62. The smallest absolute Gasteiger partial charge is 0.302 e. The van der Waals surface area contributed by atoms with Crippen molar-refractivity contribution in [3.8, 4) is 0 Å². The van der Waals surface area contributed by atoms with Gasteiger partial charge in [0.05, 0.1) is 11.2 Å². The first-order chi connectivity index (χ1) is 15.3. The van der Waals surface area contributed by atoms with Gasteiger partial charge in [-0.1, -0.05) is 13.8 Å². The highest BCUT2D eigenvalue weighted by atomic mass is 16.5. The molecule has 0 bridgehead atoms. The molecule has 4 aliphatic rings. The molecule has 0 radical (unpaired) electrons. The van der Waals surface area contributed by atoms with Crippen molar-refractivity contribution < 1.29 is 19.7 Å². The van der Waals surface area contributed by atoms with Gasteiger partial charge in [-0.3, -0.25) is 4.79 Å². The third kappa shape index (κ3) is 4.77. The van der Waals surface area contributed by atoms with Gasteiger partial charge < -0.3 is 14.9 Å². The van der Waals surface area contributed by atoms with Gasteiger partial charge in [-0.15, -0.1) is 0 Å². The minimum Gasteiger partial charge on any atom is -0.463 e. The lowest BCUT2D eigenvalue weighted by atomic mass is 9.44. The predicted molar refractivity (Wildman–Crippen MR) is 132 cm³/mol. The Hall–Kier alpha value is -0.610. The number of rotatable bonds is 6. The number of carbonyl (C=O) groups is 1. The second kappa shape index (κ2) is 8.80. The van der Waals surface area contributed by atoms with Crippen LogP contribution >= 0.6 is 0 Å². The largest absolute Gasteiger partial charge is 0.463 e.